The van der Waals surface area contributed by atoms with E-state index >= 15 is 0 Å². The molecule has 2 saturated carbocycles. The summed E-state index contributed by atoms with van der Waals surface area (Å²) >= 11 is 0. The van der Waals surface area contributed by atoms with E-state index in [1.54, 1.807) is 6.92 Å². The zero-order valence-electron chi connectivity index (χ0n) is 11.9. The molecule has 0 unspecified atom stereocenters. The van der Waals surface area contributed by atoms with Crippen LogP contribution >= 0.6 is 0 Å². The Hall–Kier alpha value is -0.630. The van der Waals surface area contributed by atoms with Gasteiger partial charge in [-0.25, -0.2) is 0 Å². The number of hydrogen-bond donors (Lipinski definition) is 1. The minimum absolute atomic E-state index is 0.128. The Morgan fingerprint density at radius 3 is 2.61 bits per heavy atom. The van der Waals surface area contributed by atoms with Crippen LogP contribution in [0, 0.1) is 23.2 Å². The van der Waals surface area contributed by atoms with Crippen LogP contribution in [-0.2, 0) is 4.79 Å². The van der Waals surface area contributed by atoms with E-state index in [1.165, 1.54) is 5.57 Å². The van der Waals surface area contributed by atoms with Crippen LogP contribution in [0.1, 0.15) is 53.4 Å². The summed E-state index contributed by atoms with van der Waals surface area (Å²) in [6, 6.07) is 0. The van der Waals surface area contributed by atoms with Crippen molar-refractivity contribution in [2.24, 2.45) is 23.2 Å². The summed E-state index contributed by atoms with van der Waals surface area (Å²) in [5.74, 6) is 1.27. The summed E-state index contributed by atoms with van der Waals surface area (Å²) in [6.07, 6.45) is 3.96. The molecule has 0 spiro atoms. The zero-order valence-corrected chi connectivity index (χ0v) is 11.9. The van der Waals surface area contributed by atoms with E-state index in [-0.39, 0.29) is 17.1 Å². The molecule has 3 rings (SSSR count). The molecule has 0 aromatic rings. The van der Waals surface area contributed by atoms with E-state index in [9.17, 15) is 9.90 Å². The highest BCUT2D eigenvalue weighted by Crippen LogP contribution is 2.66. The van der Waals surface area contributed by atoms with E-state index in [1.807, 2.05) is 0 Å². The fourth-order valence-corrected chi connectivity index (χ4v) is 5.31. The molecule has 18 heavy (non-hydrogen) atoms. The number of fused-ring (bicyclic) bond motifs is 3. The topological polar surface area (TPSA) is 37.3 Å². The predicted octanol–water partition coefficient (Wildman–Crippen LogP) is 3.10. The zero-order chi connectivity index (χ0) is 13.3. The highest BCUT2D eigenvalue weighted by Gasteiger charge is 2.64. The normalized spacial score (nSPS) is 45.3. The van der Waals surface area contributed by atoms with E-state index in [2.05, 4.69) is 20.8 Å². The Labute approximate surface area is 109 Å². The lowest BCUT2D eigenvalue weighted by Gasteiger charge is -2.33. The van der Waals surface area contributed by atoms with Gasteiger partial charge in [0.15, 0.2) is 5.78 Å². The van der Waals surface area contributed by atoms with Crippen LogP contribution in [-0.4, -0.2) is 16.5 Å². The monoisotopic (exact) mass is 248 g/mol. The van der Waals surface area contributed by atoms with E-state index in [0.717, 1.165) is 31.3 Å². The first-order valence-electron chi connectivity index (χ1n) is 7.23. The molecular weight excluding hydrogens is 224 g/mol. The van der Waals surface area contributed by atoms with E-state index in [4.69, 9.17) is 0 Å². The van der Waals surface area contributed by atoms with Crippen LogP contribution in [0.25, 0.3) is 0 Å². The molecule has 100 valence electrons. The summed E-state index contributed by atoms with van der Waals surface area (Å²) in [5.41, 5.74) is 1.95. The van der Waals surface area contributed by atoms with Gasteiger partial charge in [0.25, 0.3) is 0 Å². The second-order valence-electron chi connectivity index (χ2n) is 7.45. The third-order valence-corrected chi connectivity index (χ3v) is 5.81. The average Bonchev–Trinajstić information content (AvgIpc) is 2.75. The van der Waals surface area contributed by atoms with Crippen LogP contribution in [0.5, 0.6) is 0 Å². The van der Waals surface area contributed by atoms with Crippen molar-refractivity contribution in [1.82, 2.24) is 0 Å². The van der Waals surface area contributed by atoms with Gasteiger partial charge < -0.3 is 5.11 Å². The van der Waals surface area contributed by atoms with Crippen molar-refractivity contribution in [3.63, 3.8) is 0 Å². The Bertz CT molecular complexity index is 446. The molecule has 3 aliphatic carbocycles. The molecule has 0 aromatic heterocycles. The third kappa shape index (κ3) is 1.36. The number of carbonyl (C=O) groups excluding carboxylic acids is 1. The first-order chi connectivity index (χ1) is 8.27. The van der Waals surface area contributed by atoms with Crippen molar-refractivity contribution < 1.29 is 9.90 Å². The van der Waals surface area contributed by atoms with Crippen LogP contribution in [0.4, 0.5) is 0 Å². The summed E-state index contributed by atoms with van der Waals surface area (Å²) in [4.78, 5) is 11.8. The van der Waals surface area contributed by atoms with Gasteiger partial charge in [-0.1, -0.05) is 26.3 Å². The number of aliphatic hydroxyl groups is 1. The highest BCUT2D eigenvalue weighted by atomic mass is 16.3. The standard InChI is InChI=1S/C16H24O2/c1-9-7-15(3,4)14-13-11(8-16(9,14)18)5-6-12(13)10(2)17/h9,11,14,18H,5-8H2,1-4H3/t9-,11-,14-,16-/m0/s1. The van der Waals surface area contributed by atoms with Gasteiger partial charge in [0.2, 0.25) is 0 Å². The molecule has 4 atom stereocenters. The molecule has 0 heterocycles. The SMILES string of the molecule is CC(=O)C1=C2[C@@H](CC1)C[C@]1(O)[C@@H](C)CC(C)(C)[C@H]21. The number of Topliss-reactive ketones (excluding diaryl/α,β-unsaturated/α-hetero) is 1. The smallest absolute Gasteiger partial charge is 0.155 e. The average molecular weight is 248 g/mol. The molecule has 0 saturated heterocycles. The molecule has 1 N–H and O–H groups in total. The van der Waals surface area contributed by atoms with Crippen LogP contribution in [0.2, 0.25) is 0 Å². The van der Waals surface area contributed by atoms with Crippen LogP contribution < -0.4 is 0 Å². The first-order valence-corrected chi connectivity index (χ1v) is 7.23. The van der Waals surface area contributed by atoms with Gasteiger partial charge in [-0.3, -0.25) is 4.79 Å². The molecule has 0 aromatic carbocycles. The van der Waals surface area contributed by atoms with Crippen molar-refractivity contribution >= 4 is 5.78 Å². The molecule has 0 amide bonds. The molecule has 2 fully saturated rings. The maximum absolute atomic E-state index is 11.8. The lowest BCUT2D eigenvalue weighted by molar-refractivity contribution is -0.113. The Kier molecular flexibility index (Phi) is 2.39. The van der Waals surface area contributed by atoms with Crippen molar-refractivity contribution in [2.75, 3.05) is 0 Å². The molecule has 0 aliphatic heterocycles. The molecule has 2 heteroatoms. The largest absolute Gasteiger partial charge is 0.389 e. The predicted molar refractivity (Wildman–Crippen MR) is 71.0 cm³/mol. The van der Waals surface area contributed by atoms with Gasteiger partial charge in [-0.2, -0.15) is 0 Å². The quantitative estimate of drug-likeness (QED) is 0.774. The second-order valence-corrected chi connectivity index (χ2v) is 7.45. The Morgan fingerprint density at radius 2 is 2.00 bits per heavy atom. The first kappa shape index (κ1) is 12.4. The van der Waals surface area contributed by atoms with Gasteiger partial charge in [0.05, 0.1) is 5.60 Å². The van der Waals surface area contributed by atoms with Gasteiger partial charge in [-0.15, -0.1) is 0 Å². The third-order valence-electron chi connectivity index (χ3n) is 5.81. The van der Waals surface area contributed by atoms with Gasteiger partial charge in [-0.05, 0) is 55.4 Å². The Morgan fingerprint density at radius 1 is 1.33 bits per heavy atom. The number of ketones is 1. The van der Waals surface area contributed by atoms with Crippen molar-refractivity contribution in [2.45, 2.75) is 59.0 Å². The second kappa shape index (κ2) is 3.47. The van der Waals surface area contributed by atoms with E-state index in [0.29, 0.717) is 11.8 Å². The lowest BCUT2D eigenvalue weighted by Crippen LogP contribution is -2.37. The molecule has 2 nitrogen and oxygen atoms in total. The number of rotatable bonds is 1. The summed E-state index contributed by atoms with van der Waals surface area (Å²) in [6.45, 7) is 8.39. The molecular formula is C16H24O2. The van der Waals surface area contributed by atoms with E-state index < -0.39 is 5.60 Å². The molecule has 0 radical (unpaired) electrons. The molecule has 0 bridgehead atoms. The Balaban J connectivity index is 2.14. The highest BCUT2D eigenvalue weighted by molar-refractivity contribution is 5.95. The lowest BCUT2D eigenvalue weighted by atomic mass is 9.74. The summed E-state index contributed by atoms with van der Waals surface area (Å²) < 4.78 is 0. The maximum atomic E-state index is 11.8. The van der Waals surface area contributed by atoms with Crippen molar-refractivity contribution in [3.8, 4) is 0 Å². The minimum Gasteiger partial charge on any atom is -0.389 e. The van der Waals surface area contributed by atoms with Crippen LogP contribution in [0.3, 0.4) is 0 Å². The summed E-state index contributed by atoms with van der Waals surface area (Å²) in [5, 5.41) is 11.1. The summed E-state index contributed by atoms with van der Waals surface area (Å²) in [7, 11) is 0. The number of carbonyl (C=O) groups is 1. The number of allylic oxidation sites excluding steroid dienone is 1. The van der Waals surface area contributed by atoms with Crippen LogP contribution in [0.15, 0.2) is 11.1 Å². The molecule has 3 aliphatic rings. The van der Waals surface area contributed by atoms with Crippen molar-refractivity contribution in [3.05, 3.63) is 11.1 Å². The number of hydrogen-bond acceptors (Lipinski definition) is 2. The van der Waals surface area contributed by atoms with Gasteiger partial charge in [0, 0.05) is 5.92 Å². The fraction of sp³-hybridized carbons (Fsp3) is 0.812. The van der Waals surface area contributed by atoms with Gasteiger partial charge in [0.1, 0.15) is 0 Å². The van der Waals surface area contributed by atoms with Crippen molar-refractivity contribution in [1.29, 1.82) is 0 Å². The minimum atomic E-state index is -0.551. The maximum Gasteiger partial charge on any atom is 0.155 e. The fourth-order valence-electron chi connectivity index (χ4n) is 5.31. The van der Waals surface area contributed by atoms with Gasteiger partial charge >= 0.3 is 0 Å².